The van der Waals surface area contributed by atoms with E-state index in [0.717, 1.165) is 50.5 Å². The fourth-order valence-electron chi connectivity index (χ4n) is 9.99. The molecule has 0 saturated heterocycles. The molecule has 5 heteroatoms. The Morgan fingerprint density at radius 3 is 2.38 bits per heavy atom. The minimum Gasteiger partial charge on any atom is -0.356 e. The number of carbonyl (C=O) groups excluding carboxylic acids is 3. The molecule has 0 radical (unpaired) electrons. The lowest BCUT2D eigenvalue weighted by Crippen LogP contribution is -2.66. The standard InChI is InChI=1S/C32H44N2O3/c1-8-34-27(37)32-13-11-28(3,4)17-22(32)25-23(35)15-24-29(5)16-20(18-33)26(36)19(2)21(29)9-10-30(24,6)31(25,7)12-14-32/h15-16,19,21-22,25H,8-14,17H2,1-7H3,(H,34,37)/t19-,21-,22?,25?,29-,30+,31+,32-/m0/s1. The molecule has 200 valence electrons. The molecule has 5 nitrogen and oxygen atoms in total. The van der Waals surface area contributed by atoms with Crippen LogP contribution in [0.2, 0.25) is 0 Å². The van der Waals surface area contributed by atoms with Crippen LogP contribution in [0.4, 0.5) is 0 Å². The molecule has 8 atom stereocenters. The summed E-state index contributed by atoms with van der Waals surface area (Å²) in [6.45, 7) is 15.9. The number of rotatable bonds is 2. The van der Waals surface area contributed by atoms with E-state index < -0.39 is 10.8 Å². The second-order valence-corrected chi connectivity index (χ2v) is 14.4. The molecule has 0 aromatic heterocycles. The van der Waals surface area contributed by atoms with Gasteiger partial charge in [-0.1, -0.05) is 53.2 Å². The first-order chi connectivity index (χ1) is 17.2. The van der Waals surface area contributed by atoms with Gasteiger partial charge in [0.25, 0.3) is 0 Å². The van der Waals surface area contributed by atoms with Crippen LogP contribution in [0.3, 0.4) is 0 Å². The largest absolute Gasteiger partial charge is 0.356 e. The molecule has 0 aromatic rings. The smallest absolute Gasteiger partial charge is 0.226 e. The van der Waals surface area contributed by atoms with Gasteiger partial charge in [-0.2, -0.15) is 5.26 Å². The third kappa shape index (κ3) is 3.29. The highest BCUT2D eigenvalue weighted by Gasteiger charge is 2.70. The van der Waals surface area contributed by atoms with Crippen molar-refractivity contribution in [2.75, 3.05) is 6.54 Å². The number of ketones is 2. The van der Waals surface area contributed by atoms with E-state index in [1.807, 2.05) is 26.0 Å². The number of hydrogen-bond acceptors (Lipinski definition) is 4. The predicted octanol–water partition coefficient (Wildman–Crippen LogP) is 5.95. The van der Waals surface area contributed by atoms with Gasteiger partial charge >= 0.3 is 0 Å². The number of nitrogens with one attached hydrogen (secondary N) is 1. The van der Waals surface area contributed by atoms with Crippen LogP contribution in [0, 0.1) is 62.1 Å². The molecule has 37 heavy (non-hydrogen) atoms. The van der Waals surface area contributed by atoms with Crippen LogP contribution in [0.1, 0.15) is 93.4 Å². The Kier molecular flexibility index (Phi) is 5.81. The summed E-state index contributed by atoms with van der Waals surface area (Å²) in [5.41, 5.74) is -0.0262. The van der Waals surface area contributed by atoms with Crippen molar-refractivity contribution in [2.45, 2.75) is 93.4 Å². The monoisotopic (exact) mass is 504 g/mol. The topological polar surface area (TPSA) is 87.0 Å². The number of fused-ring (bicyclic) bond motifs is 7. The number of allylic oxidation sites excluding steroid dienone is 4. The van der Waals surface area contributed by atoms with Crippen LogP contribution in [0.5, 0.6) is 0 Å². The van der Waals surface area contributed by atoms with Gasteiger partial charge in [-0.3, -0.25) is 14.4 Å². The molecule has 0 bridgehead atoms. The molecule has 5 aliphatic carbocycles. The Balaban J connectivity index is 1.68. The maximum absolute atomic E-state index is 14.4. The Bertz CT molecular complexity index is 1170. The van der Waals surface area contributed by atoms with E-state index in [-0.39, 0.29) is 63.0 Å². The van der Waals surface area contributed by atoms with Crippen molar-refractivity contribution < 1.29 is 14.4 Å². The summed E-state index contributed by atoms with van der Waals surface area (Å²) in [5.74, 6) is -0.0749. The van der Waals surface area contributed by atoms with Crippen molar-refractivity contribution in [3.63, 3.8) is 0 Å². The number of amides is 1. The van der Waals surface area contributed by atoms with Gasteiger partial charge < -0.3 is 5.32 Å². The highest BCUT2D eigenvalue weighted by atomic mass is 16.2. The molecule has 1 amide bonds. The van der Waals surface area contributed by atoms with Crippen LogP contribution in [-0.2, 0) is 14.4 Å². The summed E-state index contributed by atoms with van der Waals surface area (Å²) in [5, 5.41) is 12.9. The summed E-state index contributed by atoms with van der Waals surface area (Å²) in [6.07, 6.45) is 10.0. The molecule has 3 saturated carbocycles. The van der Waals surface area contributed by atoms with E-state index >= 15 is 0 Å². The first-order valence-corrected chi connectivity index (χ1v) is 14.4. The van der Waals surface area contributed by atoms with E-state index in [2.05, 4.69) is 46.0 Å². The SMILES string of the molecule is CCNC(=O)[C@]12CCC(C)(C)CC1C1C(=O)C=C3[C@@]4(C)C=C(C#N)C(=O)[C@@H](C)[C@@H]4CC[C@@]3(C)[C@]1(C)CC2. The summed E-state index contributed by atoms with van der Waals surface area (Å²) in [4.78, 5) is 41.0. The fourth-order valence-corrected chi connectivity index (χ4v) is 9.99. The second kappa shape index (κ2) is 8.14. The lowest BCUT2D eigenvalue weighted by atomic mass is 9.34. The fraction of sp³-hybridized carbons (Fsp3) is 0.750. The molecular weight excluding hydrogens is 460 g/mol. The molecule has 0 aliphatic heterocycles. The summed E-state index contributed by atoms with van der Waals surface area (Å²) >= 11 is 0. The first kappa shape index (κ1) is 26.4. The van der Waals surface area contributed by atoms with E-state index in [9.17, 15) is 19.6 Å². The zero-order valence-corrected chi connectivity index (χ0v) is 23.8. The van der Waals surface area contributed by atoms with E-state index in [1.54, 1.807) is 0 Å². The zero-order valence-electron chi connectivity index (χ0n) is 23.8. The van der Waals surface area contributed by atoms with Crippen LogP contribution in [0.25, 0.3) is 0 Å². The molecule has 0 aromatic carbocycles. The third-order valence-corrected chi connectivity index (χ3v) is 12.3. The summed E-state index contributed by atoms with van der Waals surface area (Å²) in [7, 11) is 0. The van der Waals surface area contributed by atoms with Gasteiger partial charge in [-0.25, -0.2) is 0 Å². The quantitative estimate of drug-likeness (QED) is 0.503. The highest BCUT2D eigenvalue weighted by molar-refractivity contribution is 6.02. The Hall–Kier alpha value is -2.22. The van der Waals surface area contributed by atoms with Gasteiger partial charge in [0.05, 0.1) is 11.0 Å². The Morgan fingerprint density at radius 2 is 1.73 bits per heavy atom. The van der Waals surface area contributed by atoms with E-state index in [4.69, 9.17) is 0 Å². The maximum Gasteiger partial charge on any atom is 0.226 e. The molecule has 0 heterocycles. The number of Topliss-reactive ketones (excluding diaryl/α,β-unsaturated/α-hetero) is 1. The third-order valence-electron chi connectivity index (χ3n) is 12.3. The minimum absolute atomic E-state index is 0.0197. The van der Waals surface area contributed by atoms with Crippen LogP contribution in [-0.4, -0.2) is 24.0 Å². The van der Waals surface area contributed by atoms with Crippen molar-refractivity contribution in [2.24, 2.45) is 50.7 Å². The summed E-state index contributed by atoms with van der Waals surface area (Å²) < 4.78 is 0. The average molecular weight is 505 g/mol. The van der Waals surface area contributed by atoms with Crippen molar-refractivity contribution >= 4 is 17.5 Å². The Labute approximate surface area is 222 Å². The minimum atomic E-state index is -0.491. The van der Waals surface area contributed by atoms with Gasteiger partial charge in [0.15, 0.2) is 11.6 Å². The van der Waals surface area contributed by atoms with Crippen LogP contribution >= 0.6 is 0 Å². The van der Waals surface area contributed by atoms with Gasteiger partial charge in [-0.05, 0) is 86.0 Å². The predicted molar refractivity (Wildman–Crippen MR) is 143 cm³/mol. The molecule has 3 fully saturated rings. The van der Waals surface area contributed by atoms with E-state index in [1.165, 1.54) is 0 Å². The number of carbonyl (C=O) groups is 3. The zero-order chi connectivity index (χ0) is 27.2. The van der Waals surface area contributed by atoms with Crippen molar-refractivity contribution in [1.29, 1.82) is 5.26 Å². The second-order valence-electron chi connectivity index (χ2n) is 14.4. The maximum atomic E-state index is 14.4. The number of hydrogen-bond donors (Lipinski definition) is 1. The van der Waals surface area contributed by atoms with Gasteiger partial charge in [0.2, 0.25) is 5.91 Å². The normalized spacial score (nSPS) is 46.2. The van der Waals surface area contributed by atoms with Crippen LogP contribution in [0.15, 0.2) is 23.3 Å². The molecule has 5 aliphatic rings. The Morgan fingerprint density at radius 1 is 1.05 bits per heavy atom. The van der Waals surface area contributed by atoms with Gasteiger partial charge in [0, 0.05) is 23.8 Å². The van der Waals surface area contributed by atoms with Crippen LogP contribution < -0.4 is 5.32 Å². The molecule has 0 spiro atoms. The molecule has 2 unspecified atom stereocenters. The van der Waals surface area contributed by atoms with Gasteiger partial charge in [-0.15, -0.1) is 0 Å². The van der Waals surface area contributed by atoms with Crippen molar-refractivity contribution in [1.82, 2.24) is 5.32 Å². The van der Waals surface area contributed by atoms with Crippen molar-refractivity contribution in [3.05, 3.63) is 23.3 Å². The van der Waals surface area contributed by atoms with Crippen molar-refractivity contribution in [3.8, 4) is 6.07 Å². The van der Waals surface area contributed by atoms with Gasteiger partial charge in [0.1, 0.15) is 6.07 Å². The lowest BCUT2D eigenvalue weighted by Gasteiger charge is -2.68. The summed E-state index contributed by atoms with van der Waals surface area (Å²) in [6, 6.07) is 2.16. The number of nitriles is 1. The number of nitrogens with zero attached hydrogens (tertiary/aromatic N) is 1. The lowest BCUT2D eigenvalue weighted by molar-refractivity contribution is -0.177. The van der Waals surface area contributed by atoms with E-state index in [0.29, 0.717) is 6.54 Å². The highest BCUT2D eigenvalue weighted by Crippen LogP contribution is 2.73. The first-order valence-electron chi connectivity index (χ1n) is 14.4. The average Bonchev–Trinajstić information content (AvgIpc) is 2.82. The molecule has 5 rings (SSSR count). The molecular formula is C32H44N2O3. The molecule has 1 N–H and O–H groups in total.